The standard InChI is InChI=1S/C27H29ClN4O/c1-17(33)29-11-8-19-2-5-22-26(15-19)32-25-7-4-21(28)16-23(25)27(22)31-12-9-18-3-6-24-20(14-18)10-13-30-24/h3-4,6-7,10,13-14,16,19,30H,2,5,8-9,11-12,15H2,1H3,(H,29,33)(H,31,32). The molecule has 0 saturated heterocycles. The first-order chi connectivity index (χ1) is 16.1. The number of rotatable bonds is 7. The molecule has 5 rings (SSSR count). The van der Waals surface area contributed by atoms with Crippen molar-refractivity contribution < 1.29 is 4.79 Å². The van der Waals surface area contributed by atoms with Crippen molar-refractivity contribution in [3.63, 3.8) is 0 Å². The van der Waals surface area contributed by atoms with Crippen molar-refractivity contribution in [1.29, 1.82) is 0 Å². The fraction of sp³-hybridized carbons (Fsp3) is 0.333. The number of hydrogen-bond donors (Lipinski definition) is 3. The lowest BCUT2D eigenvalue weighted by atomic mass is 9.83. The first kappa shape index (κ1) is 21.8. The van der Waals surface area contributed by atoms with Crippen molar-refractivity contribution in [2.45, 2.75) is 39.0 Å². The minimum absolute atomic E-state index is 0.0364. The van der Waals surface area contributed by atoms with Gasteiger partial charge in [0.1, 0.15) is 0 Å². The quantitative estimate of drug-likeness (QED) is 0.333. The Hall–Kier alpha value is -3.05. The van der Waals surface area contributed by atoms with E-state index in [1.165, 1.54) is 33.4 Å². The molecule has 1 unspecified atom stereocenters. The van der Waals surface area contributed by atoms with Crippen LogP contribution in [0.4, 0.5) is 5.69 Å². The molecule has 3 N–H and O–H groups in total. The second kappa shape index (κ2) is 9.44. The van der Waals surface area contributed by atoms with E-state index in [0.29, 0.717) is 5.92 Å². The van der Waals surface area contributed by atoms with Crippen LogP contribution in [0.3, 0.4) is 0 Å². The first-order valence-electron chi connectivity index (χ1n) is 11.7. The molecule has 0 spiro atoms. The maximum atomic E-state index is 11.2. The number of nitrogens with zero attached hydrogens (tertiary/aromatic N) is 1. The van der Waals surface area contributed by atoms with Gasteiger partial charge in [-0.3, -0.25) is 9.78 Å². The largest absolute Gasteiger partial charge is 0.384 e. The molecule has 6 heteroatoms. The fourth-order valence-electron chi connectivity index (χ4n) is 4.98. The second-order valence-electron chi connectivity index (χ2n) is 9.03. The third-order valence-corrected chi connectivity index (χ3v) is 6.91. The lowest BCUT2D eigenvalue weighted by Gasteiger charge is -2.27. The summed E-state index contributed by atoms with van der Waals surface area (Å²) >= 11 is 6.36. The summed E-state index contributed by atoms with van der Waals surface area (Å²) in [6, 6.07) is 14.7. The normalized spacial score (nSPS) is 15.5. The molecule has 170 valence electrons. The highest BCUT2D eigenvalue weighted by Crippen LogP contribution is 2.36. The van der Waals surface area contributed by atoms with Gasteiger partial charge in [-0.25, -0.2) is 0 Å². The smallest absolute Gasteiger partial charge is 0.216 e. The van der Waals surface area contributed by atoms with Crippen LogP contribution in [0.15, 0.2) is 48.7 Å². The average Bonchev–Trinajstić information content (AvgIpc) is 3.26. The zero-order valence-electron chi connectivity index (χ0n) is 18.9. The number of amides is 1. The van der Waals surface area contributed by atoms with Crippen molar-refractivity contribution in [3.05, 3.63) is 70.5 Å². The third-order valence-electron chi connectivity index (χ3n) is 6.68. The van der Waals surface area contributed by atoms with Crippen molar-refractivity contribution in [2.75, 3.05) is 18.4 Å². The highest BCUT2D eigenvalue weighted by molar-refractivity contribution is 6.31. The van der Waals surface area contributed by atoms with E-state index >= 15 is 0 Å². The van der Waals surface area contributed by atoms with Crippen molar-refractivity contribution >= 4 is 45.0 Å². The van der Waals surface area contributed by atoms with Gasteiger partial charge in [-0.15, -0.1) is 0 Å². The number of pyridine rings is 1. The Morgan fingerprint density at radius 2 is 2.09 bits per heavy atom. The van der Waals surface area contributed by atoms with E-state index in [-0.39, 0.29) is 5.91 Å². The van der Waals surface area contributed by atoms with Crippen LogP contribution in [0.1, 0.15) is 36.6 Å². The number of carbonyl (C=O) groups excluding carboxylic acids is 1. The lowest BCUT2D eigenvalue weighted by molar-refractivity contribution is -0.119. The van der Waals surface area contributed by atoms with Crippen molar-refractivity contribution in [1.82, 2.24) is 15.3 Å². The Balaban J connectivity index is 1.37. The van der Waals surface area contributed by atoms with Crippen molar-refractivity contribution in [3.8, 4) is 0 Å². The van der Waals surface area contributed by atoms with Crippen LogP contribution in [-0.2, 0) is 24.1 Å². The number of benzene rings is 2. The molecule has 1 aliphatic rings. The van der Waals surface area contributed by atoms with E-state index < -0.39 is 0 Å². The van der Waals surface area contributed by atoms with Gasteiger partial charge < -0.3 is 15.6 Å². The number of nitrogens with one attached hydrogen (secondary N) is 3. The van der Waals surface area contributed by atoms with Crippen LogP contribution in [0.25, 0.3) is 21.8 Å². The minimum Gasteiger partial charge on any atom is -0.384 e. The summed E-state index contributed by atoms with van der Waals surface area (Å²) in [7, 11) is 0. The summed E-state index contributed by atoms with van der Waals surface area (Å²) in [5, 5.41) is 9.75. The molecule has 0 aliphatic heterocycles. The Kier molecular flexibility index (Phi) is 6.23. The molecule has 33 heavy (non-hydrogen) atoms. The summed E-state index contributed by atoms with van der Waals surface area (Å²) in [5.74, 6) is 0.580. The van der Waals surface area contributed by atoms with E-state index in [0.717, 1.165) is 61.1 Å². The van der Waals surface area contributed by atoms with E-state index in [9.17, 15) is 4.79 Å². The molecule has 1 aliphatic carbocycles. The molecule has 0 fully saturated rings. The number of aromatic amines is 1. The summed E-state index contributed by atoms with van der Waals surface area (Å²) in [5.41, 5.74) is 7.15. The maximum absolute atomic E-state index is 11.2. The Morgan fingerprint density at radius 3 is 2.97 bits per heavy atom. The molecule has 4 aromatic rings. The van der Waals surface area contributed by atoms with E-state index in [4.69, 9.17) is 16.6 Å². The molecule has 1 amide bonds. The molecule has 2 aromatic heterocycles. The number of carbonyl (C=O) groups is 1. The molecular weight excluding hydrogens is 432 g/mol. The van der Waals surface area contributed by atoms with E-state index in [1.807, 2.05) is 24.4 Å². The highest BCUT2D eigenvalue weighted by Gasteiger charge is 2.24. The zero-order valence-corrected chi connectivity index (χ0v) is 19.6. The number of fused-ring (bicyclic) bond motifs is 3. The van der Waals surface area contributed by atoms with Gasteiger partial charge >= 0.3 is 0 Å². The molecule has 0 radical (unpaired) electrons. The maximum Gasteiger partial charge on any atom is 0.216 e. The van der Waals surface area contributed by atoms with Gasteiger partial charge in [0.2, 0.25) is 5.91 Å². The van der Waals surface area contributed by atoms with Crippen LogP contribution < -0.4 is 10.6 Å². The number of aromatic nitrogens is 2. The Labute approximate surface area is 198 Å². The van der Waals surface area contributed by atoms with Crippen LogP contribution >= 0.6 is 11.6 Å². The zero-order chi connectivity index (χ0) is 22.8. The Bertz CT molecular complexity index is 1310. The van der Waals surface area contributed by atoms with Gasteiger partial charge in [-0.05, 0) is 90.9 Å². The predicted molar refractivity (Wildman–Crippen MR) is 136 cm³/mol. The van der Waals surface area contributed by atoms with Crippen LogP contribution in [0, 0.1) is 5.92 Å². The monoisotopic (exact) mass is 460 g/mol. The van der Waals surface area contributed by atoms with Gasteiger partial charge in [0.25, 0.3) is 0 Å². The molecule has 0 bridgehead atoms. The molecule has 2 aromatic carbocycles. The summed E-state index contributed by atoms with van der Waals surface area (Å²) in [6.07, 6.45) is 6.97. The topological polar surface area (TPSA) is 69.8 Å². The number of hydrogen-bond acceptors (Lipinski definition) is 3. The minimum atomic E-state index is 0.0364. The van der Waals surface area contributed by atoms with Gasteiger partial charge in [-0.1, -0.05) is 17.7 Å². The van der Waals surface area contributed by atoms with Gasteiger partial charge in [0, 0.05) is 53.5 Å². The van der Waals surface area contributed by atoms with Gasteiger partial charge in [0.15, 0.2) is 0 Å². The SMILES string of the molecule is CC(=O)NCCC1CCc2c(nc3ccc(Cl)cc3c2NCCc2ccc3[nH]ccc3c2)C1. The third kappa shape index (κ3) is 4.83. The van der Waals surface area contributed by atoms with Crippen LogP contribution in [0.5, 0.6) is 0 Å². The summed E-state index contributed by atoms with van der Waals surface area (Å²) < 4.78 is 0. The van der Waals surface area contributed by atoms with Crippen LogP contribution in [-0.4, -0.2) is 29.0 Å². The number of H-pyrrole nitrogens is 1. The number of halogens is 1. The first-order valence-corrected chi connectivity index (χ1v) is 12.1. The van der Waals surface area contributed by atoms with Gasteiger partial charge in [-0.2, -0.15) is 0 Å². The van der Waals surface area contributed by atoms with E-state index in [1.54, 1.807) is 6.92 Å². The molecule has 0 saturated carbocycles. The Morgan fingerprint density at radius 1 is 1.18 bits per heavy atom. The van der Waals surface area contributed by atoms with Gasteiger partial charge in [0.05, 0.1) is 5.52 Å². The number of anilines is 1. The molecule has 5 nitrogen and oxygen atoms in total. The second-order valence-corrected chi connectivity index (χ2v) is 9.47. The van der Waals surface area contributed by atoms with Crippen molar-refractivity contribution in [2.24, 2.45) is 5.92 Å². The average molecular weight is 461 g/mol. The predicted octanol–water partition coefficient (Wildman–Crippen LogP) is 5.66. The van der Waals surface area contributed by atoms with Crippen LogP contribution in [0.2, 0.25) is 5.02 Å². The fourth-order valence-corrected chi connectivity index (χ4v) is 5.15. The molecule has 1 atom stereocenters. The molecular formula is C27H29ClN4O. The van der Waals surface area contributed by atoms with E-state index in [2.05, 4.69) is 39.9 Å². The lowest BCUT2D eigenvalue weighted by Crippen LogP contribution is -2.26. The highest BCUT2D eigenvalue weighted by atomic mass is 35.5. The molecule has 2 heterocycles. The summed E-state index contributed by atoms with van der Waals surface area (Å²) in [4.78, 5) is 19.5. The summed E-state index contributed by atoms with van der Waals surface area (Å²) in [6.45, 7) is 3.15.